The van der Waals surface area contributed by atoms with Crippen molar-refractivity contribution in [1.29, 1.82) is 0 Å². The van der Waals surface area contributed by atoms with Crippen molar-refractivity contribution >= 4 is 5.91 Å². The summed E-state index contributed by atoms with van der Waals surface area (Å²) in [6.45, 7) is 5.12. The van der Waals surface area contributed by atoms with Crippen LogP contribution >= 0.6 is 0 Å². The molecule has 1 aliphatic rings. The van der Waals surface area contributed by atoms with Crippen molar-refractivity contribution in [3.05, 3.63) is 65.0 Å². The second-order valence-electron chi connectivity index (χ2n) is 6.09. The van der Waals surface area contributed by atoms with Gasteiger partial charge in [0, 0.05) is 12.8 Å². The lowest BCUT2D eigenvalue weighted by Gasteiger charge is -2.18. The zero-order valence-corrected chi connectivity index (χ0v) is 13.6. The molecule has 0 radical (unpaired) electrons. The number of benzene rings is 1. The minimum absolute atomic E-state index is 0.0399. The van der Waals surface area contributed by atoms with Crippen LogP contribution in [0.4, 0.5) is 0 Å². The van der Waals surface area contributed by atoms with Crippen molar-refractivity contribution in [1.82, 2.24) is 10.3 Å². The largest absolute Gasteiger partial charge is 0.373 e. The molecule has 0 spiro atoms. The number of pyridine rings is 1. The average Bonchev–Trinajstić information content (AvgIpc) is 3.04. The first kappa shape index (κ1) is 15.7. The Morgan fingerprint density at radius 2 is 2.09 bits per heavy atom. The van der Waals surface area contributed by atoms with Gasteiger partial charge in [0.05, 0.1) is 24.3 Å². The van der Waals surface area contributed by atoms with Crippen LogP contribution in [0.25, 0.3) is 0 Å². The van der Waals surface area contributed by atoms with Crippen molar-refractivity contribution in [3.63, 3.8) is 0 Å². The maximum Gasteiger partial charge on any atom is 0.226 e. The zero-order valence-electron chi connectivity index (χ0n) is 13.6. The Hall–Kier alpha value is -2.20. The highest BCUT2D eigenvalue weighted by Gasteiger charge is 2.34. The van der Waals surface area contributed by atoms with Gasteiger partial charge in [-0.25, -0.2) is 0 Å². The summed E-state index contributed by atoms with van der Waals surface area (Å²) in [5, 5.41) is 3.02. The third-order valence-electron chi connectivity index (χ3n) is 4.31. The molecule has 0 aliphatic carbocycles. The standard InChI is InChI=1S/C19H22N2O2/c1-13-10-14(2)17(20-11-13)12-21-19(22)16-8-9-23-18(16)15-6-4-3-5-7-15/h3-7,10-11,16,18H,8-9,12H2,1-2H3,(H,21,22)/t16-,18+/m1/s1. The van der Waals surface area contributed by atoms with Crippen molar-refractivity contribution in [2.75, 3.05) is 6.61 Å². The van der Waals surface area contributed by atoms with Crippen LogP contribution in [-0.4, -0.2) is 17.5 Å². The second kappa shape index (κ2) is 6.92. The molecular weight excluding hydrogens is 288 g/mol. The predicted octanol–water partition coefficient (Wildman–Crippen LogP) is 3.09. The summed E-state index contributed by atoms with van der Waals surface area (Å²) in [4.78, 5) is 17.0. The molecule has 1 fully saturated rings. The fourth-order valence-corrected chi connectivity index (χ4v) is 3.06. The van der Waals surface area contributed by atoms with E-state index in [1.54, 1.807) is 0 Å². The molecule has 1 aromatic heterocycles. The molecule has 1 saturated heterocycles. The summed E-state index contributed by atoms with van der Waals surface area (Å²) in [7, 11) is 0. The molecular formula is C19H22N2O2. The second-order valence-corrected chi connectivity index (χ2v) is 6.09. The van der Waals surface area contributed by atoms with Gasteiger partial charge in [-0.15, -0.1) is 0 Å². The molecule has 1 amide bonds. The van der Waals surface area contributed by atoms with Gasteiger partial charge in [0.15, 0.2) is 0 Å². The first-order valence-electron chi connectivity index (χ1n) is 8.01. The van der Waals surface area contributed by atoms with E-state index in [2.05, 4.69) is 16.4 Å². The molecule has 120 valence electrons. The Labute approximate surface area is 136 Å². The van der Waals surface area contributed by atoms with E-state index in [1.165, 1.54) is 0 Å². The van der Waals surface area contributed by atoms with Crippen LogP contribution in [0.3, 0.4) is 0 Å². The van der Waals surface area contributed by atoms with E-state index >= 15 is 0 Å². The van der Waals surface area contributed by atoms with Gasteiger partial charge in [-0.05, 0) is 37.0 Å². The highest BCUT2D eigenvalue weighted by Crippen LogP contribution is 2.34. The van der Waals surface area contributed by atoms with Crippen LogP contribution in [0.1, 0.15) is 34.9 Å². The van der Waals surface area contributed by atoms with E-state index in [0.29, 0.717) is 13.2 Å². The number of hydrogen-bond donors (Lipinski definition) is 1. The Bertz CT molecular complexity index is 685. The van der Waals surface area contributed by atoms with Crippen LogP contribution in [0.5, 0.6) is 0 Å². The molecule has 0 bridgehead atoms. The number of aryl methyl sites for hydroxylation is 2. The molecule has 1 aliphatic heterocycles. The minimum atomic E-state index is -0.150. The maximum atomic E-state index is 12.6. The van der Waals surface area contributed by atoms with Crippen LogP contribution in [0.15, 0.2) is 42.6 Å². The molecule has 0 unspecified atom stereocenters. The van der Waals surface area contributed by atoms with Crippen LogP contribution in [-0.2, 0) is 16.1 Å². The highest BCUT2D eigenvalue weighted by atomic mass is 16.5. The van der Waals surface area contributed by atoms with Crippen molar-refractivity contribution in [2.24, 2.45) is 5.92 Å². The topological polar surface area (TPSA) is 51.2 Å². The average molecular weight is 310 g/mol. The smallest absolute Gasteiger partial charge is 0.226 e. The van der Waals surface area contributed by atoms with Crippen LogP contribution < -0.4 is 5.32 Å². The summed E-state index contributed by atoms with van der Waals surface area (Å²) in [5.41, 5.74) is 4.22. The minimum Gasteiger partial charge on any atom is -0.373 e. The maximum absolute atomic E-state index is 12.6. The lowest BCUT2D eigenvalue weighted by atomic mass is 9.94. The first-order chi connectivity index (χ1) is 11.1. The molecule has 4 heteroatoms. The number of hydrogen-bond acceptors (Lipinski definition) is 3. The summed E-state index contributed by atoms with van der Waals surface area (Å²) in [6.07, 6.45) is 2.44. The van der Waals surface area contributed by atoms with Crippen LogP contribution in [0.2, 0.25) is 0 Å². The van der Waals surface area contributed by atoms with Gasteiger partial charge in [-0.2, -0.15) is 0 Å². The van der Waals surface area contributed by atoms with E-state index in [-0.39, 0.29) is 17.9 Å². The Morgan fingerprint density at radius 1 is 1.30 bits per heavy atom. The van der Waals surface area contributed by atoms with E-state index in [9.17, 15) is 4.79 Å². The number of carbonyl (C=O) groups is 1. The van der Waals surface area contributed by atoms with E-state index in [4.69, 9.17) is 4.74 Å². The lowest BCUT2D eigenvalue weighted by molar-refractivity contribution is -0.127. The van der Waals surface area contributed by atoms with E-state index in [1.807, 2.05) is 50.4 Å². The van der Waals surface area contributed by atoms with Gasteiger partial charge in [0.25, 0.3) is 0 Å². The highest BCUT2D eigenvalue weighted by molar-refractivity contribution is 5.79. The van der Waals surface area contributed by atoms with Gasteiger partial charge < -0.3 is 10.1 Å². The molecule has 1 aromatic carbocycles. The molecule has 2 atom stereocenters. The molecule has 1 N–H and O–H groups in total. The van der Waals surface area contributed by atoms with Crippen molar-refractivity contribution in [2.45, 2.75) is 32.9 Å². The molecule has 3 rings (SSSR count). The molecule has 0 saturated carbocycles. The van der Waals surface area contributed by atoms with Gasteiger partial charge in [0.1, 0.15) is 0 Å². The summed E-state index contributed by atoms with van der Waals surface area (Å²) >= 11 is 0. The van der Waals surface area contributed by atoms with Gasteiger partial charge in [-0.1, -0.05) is 36.4 Å². The first-order valence-corrected chi connectivity index (χ1v) is 8.01. The SMILES string of the molecule is Cc1cnc(CNC(=O)[C@@H]2CCO[C@H]2c2ccccc2)c(C)c1. The fraction of sp³-hybridized carbons (Fsp3) is 0.368. The molecule has 2 aromatic rings. The van der Waals surface area contributed by atoms with Crippen molar-refractivity contribution < 1.29 is 9.53 Å². The number of amides is 1. The van der Waals surface area contributed by atoms with Gasteiger partial charge in [-0.3, -0.25) is 9.78 Å². The van der Waals surface area contributed by atoms with Crippen molar-refractivity contribution in [3.8, 4) is 0 Å². The molecule has 4 nitrogen and oxygen atoms in total. The summed E-state index contributed by atoms with van der Waals surface area (Å²) in [6, 6.07) is 12.0. The number of ether oxygens (including phenoxy) is 1. The quantitative estimate of drug-likeness (QED) is 0.944. The molecule has 23 heavy (non-hydrogen) atoms. The lowest BCUT2D eigenvalue weighted by Crippen LogP contribution is -2.32. The van der Waals surface area contributed by atoms with E-state index < -0.39 is 0 Å². The van der Waals surface area contributed by atoms with E-state index in [0.717, 1.165) is 28.8 Å². The van der Waals surface area contributed by atoms with Gasteiger partial charge in [0.2, 0.25) is 5.91 Å². The number of nitrogens with zero attached hydrogens (tertiary/aromatic N) is 1. The number of aromatic nitrogens is 1. The third-order valence-corrected chi connectivity index (χ3v) is 4.31. The normalized spacial score (nSPS) is 20.4. The number of carbonyl (C=O) groups excluding carboxylic acids is 1. The monoisotopic (exact) mass is 310 g/mol. The predicted molar refractivity (Wildman–Crippen MR) is 88.8 cm³/mol. The number of nitrogens with one attached hydrogen (secondary N) is 1. The number of rotatable bonds is 4. The van der Waals surface area contributed by atoms with Gasteiger partial charge >= 0.3 is 0 Å². The summed E-state index contributed by atoms with van der Waals surface area (Å²) < 4.78 is 5.79. The zero-order chi connectivity index (χ0) is 16.2. The Morgan fingerprint density at radius 3 is 2.83 bits per heavy atom. The molecule has 2 heterocycles. The third kappa shape index (κ3) is 3.59. The fourth-order valence-electron chi connectivity index (χ4n) is 3.06. The van der Waals surface area contributed by atoms with Crippen LogP contribution in [0, 0.1) is 19.8 Å². The Kier molecular flexibility index (Phi) is 4.72. The Balaban J connectivity index is 1.65. The summed E-state index contributed by atoms with van der Waals surface area (Å²) in [5.74, 6) is -0.0960.